The van der Waals surface area contributed by atoms with Gasteiger partial charge in [0, 0.05) is 5.69 Å². The predicted molar refractivity (Wildman–Crippen MR) is 81.3 cm³/mol. The molecule has 1 aromatic heterocycles. The molecule has 6 heteroatoms. The maximum atomic E-state index is 11.7. The van der Waals surface area contributed by atoms with Crippen molar-refractivity contribution in [2.75, 3.05) is 18.2 Å². The smallest absolute Gasteiger partial charge is 0.373 e. The van der Waals surface area contributed by atoms with E-state index in [1.54, 1.807) is 12.1 Å². The molecule has 0 saturated heterocycles. The van der Waals surface area contributed by atoms with Crippen LogP contribution in [-0.2, 0) is 15.3 Å². The second-order valence-electron chi connectivity index (χ2n) is 4.16. The molecule has 0 radical (unpaired) electrons. The van der Waals surface area contributed by atoms with Crippen LogP contribution in [0.1, 0.15) is 16.3 Å². The van der Waals surface area contributed by atoms with Crippen molar-refractivity contribution in [3.8, 4) is 0 Å². The van der Waals surface area contributed by atoms with Gasteiger partial charge in [-0.3, -0.25) is 4.79 Å². The first-order valence-electron chi connectivity index (χ1n) is 6.28. The highest BCUT2D eigenvalue weighted by Gasteiger charge is 2.11. The number of carbonyl (C=O) groups is 2. The Morgan fingerprint density at radius 2 is 1.95 bits per heavy atom. The van der Waals surface area contributed by atoms with Crippen LogP contribution in [0.4, 0.5) is 5.69 Å². The fourth-order valence-electron chi connectivity index (χ4n) is 1.63. The van der Waals surface area contributed by atoms with Crippen molar-refractivity contribution >= 4 is 29.3 Å². The molecular formula is C15H15NO4S. The molecule has 0 aliphatic rings. The monoisotopic (exact) mass is 305 g/mol. The zero-order valence-electron chi connectivity index (χ0n) is 11.5. The van der Waals surface area contributed by atoms with Gasteiger partial charge < -0.3 is 14.5 Å². The molecule has 0 saturated carbocycles. The molecular weight excluding hydrogens is 290 g/mol. The Kier molecular flexibility index (Phi) is 5.45. The minimum atomic E-state index is -0.506. The molecule has 2 rings (SSSR count). The summed E-state index contributed by atoms with van der Waals surface area (Å²) >= 11 is 1.41. The Morgan fingerprint density at radius 1 is 1.19 bits per heavy atom. The standard InChI is InChI=1S/C15H15NO4S/c1-19-15(18)13-8-7-12(20-13)9-21-10-14(17)16-11-5-3-2-4-6-11/h2-8H,9-10H2,1H3,(H,16,17). The van der Waals surface area contributed by atoms with Crippen LogP contribution in [0.15, 0.2) is 46.9 Å². The zero-order valence-corrected chi connectivity index (χ0v) is 12.3. The molecule has 0 spiro atoms. The minimum Gasteiger partial charge on any atom is -0.463 e. The summed E-state index contributed by atoms with van der Waals surface area (Å²) in [4.78, 5) is 23.0. The average molecular weight is 305 g/mol. The fourth-order valence-corrected chi connectivity index (χ4v) is 2.34. The molecule has 0 aliphatic carbocycles. The third-order valence-electron chi connectivity index (χ3n) is 2.58. The van der Waals surface area contributed by atoms with Crippen molar-refractivity contribution in [1.29, 1.82) is 0 Å². The number of methoxy groups -OCH3 is 1. The van der Waals surface area contributed by atoms with Crippen LogP contribution in [0, 0.1) is 0 Å². The number of amides is 1. The third-order valence-corrected chi connectivity index (χ3v) is 3.54. The molecule has 5 nitrogen and oxygen atoms in total. The van der Waals surface area contributed by atoms with Gasteiger partial charge in [-0.1, -0.05) is 18.2 Å². The number of hydrogen-bond donors (Lipinski definition) is 1. The predicted octanol–water partition coefficient (Wildman–Crippen LogP) is 2.94. The van der Waals surface area contributed by atoms with E-state index in [1.165, 1.54) is 18.9 Å². The first-order valence-corrected chi connectivity index (χ1v) is 7.44. The Bertz CT molecular complexity index is 609. The first-order chi connectivity index (χ1) is 10.2. The summed E-state index contributed by atoms with van der Waals surface area (Å²) in [6.45, 7) is 0. The van der Waals surface area contributed by atoms with Crippen LogP contribution >= 0.6 is 11.8 Å². The van der Waals surface area contributed by atoms with Gasteiger partial charge in [0.15, 0.2) is 0 Å². The second-order valence-corrected chi connectivity index (χ2v) is 5.15. The minimum absolute atomic E-state index is 0.0778. The van der Waals surface area contributed by atoms with Gasteiger partial charge in [-0.05, 0) is 24.3 Å². The number of para-hydroxylation sites is 1. The summed E-state index contributed by atoms with van der Waals surface area (Å²) < 4.78 is 9.86. The lowest BCUT2D eigenvalue weighted by Gasteiger charge is -2.04. The molecule has 0 aliphatic heterocycles. The number of furan rings is 1. The van der Waals surface area contributed by atoms with E-state index in [2.05, 4.69) is 10.1 Å². The maximum Gasteiger partial charge on any atom is 0.373 e. The summed E-state index contributed by atoms with van der Waals surface area (Å²) in [5, 5.41) is 2.80. The quantitative estimate of drug-likeness (QED) is 0.831. The lowest BCUT2D eigenvalue weighted by atomic mass is 10.3. The molecule has 1 aromatic carbocycles. The number of ether oxygens (including phenoxy) is 1. The molecule has 1 amide bonds. The van der Waals surface area contributed by atoms with E-state index in [0.29, 0.717) is 17.3 Å². The number of carbonyl (C=O) groups excluding carboxylic acids is 2. The van der Waals surface area contributed by atoms with Gasteiger partial charge in [0.1, 0.15) is 5.76 Å². The number of hydrogen-bond acceptors (Lipinski definition) is 5. The number of benzene rings is 1. The molecule has 21 heavy (non-hydrogen) atoms. The van der Waals surface area contributed by atoms with Crippen LogP contribution in [-0.4, -0.2) is 24.7 Å². The number of rotatable bonds is 6. The average Bonchev–Trinajstić information content (AvgIpc) is 2.96. The highest BCUT2D eigenvalue weighted by molar-refractivity contribution is 7.99. The summed E-state index contributed by atoms with van der Waals surface area (Å²) in [6.07, 6.45) is 0. The van der Waals surface area contributed by atoms with Crippen LogP contribution < -0.4 is 5.32 Å². The normalized spacial score (nSPS) is 10.1. The molecule has 2 aromatic rings. The van der Waals surface area contributed by atoms with Crippen molar-refractivity contribution in [1.82, 2.24) is 0 Å². The van der Waals surface area contributed by atoms with Crippen molar-refractivity contribution in [3.05, 3.63) is 54.0 Å². The van der Waals surface area contributed by atoms with Gasteiger partial charge in [-0.2, -0.15) is 0 Å². The van der Waals surface area contributed by atoms with Gasteiger partial charge in [-0.15, -0.1) is 11.8 Å². The number of thioether (sulfide) groups is 1. The lowest BCUT2D eigenvalue weighted by molar-refractivity contribution is -0.113. The Hall–Kier alpha value is -2.21. The van der Waals surface area contributed by atoms with Crippen molar-refractivity contribution in [2.24, 2.45) is 0 Å². The van der Waals surface area contributed by atoms with Gasteiger partial charge in [0.05, 0.1) is 18.6 Å². The van der Waals surface area contributed by atoms with E-state index in [1.807, 2.05) is 30.3 Å². The largest absolute Gasteiger partial charge is 0.463 e. The summed E-state index contributed by atoms with van der Waals surface area (Å²) in [5.74, 6) is 1.04. The third kappa shape index (κ3) is 4.68. The molecule has 0 bridgehead atoms. The van der Waals surface area contributed by atoms with E-state index in [9.17, 15) is 9.59 Å². The Balaban J connectivity index is 1.75. The first kappa shape index (κ1) is 15.2. The molecule has 110 valence electrons. The van der Waals surface area contributed by atoms with Crippen LogP contribution in [0.5, 0.6) is 0 Å². The van der Waals surface area contributed by atoms with Gasteiger partial charge in [-0.25, -0.2) is 4.79 Å². The van der Waals surface area contributed by atoms with E-state index in [-0.39, 0.29) is 11.7 Å². The van der Waals surface area contributed by atoms with Crippen LogP contribution in [0.2, 0.25) is 0 Å². The second kappa shape index (κ2) is 7.54. The lowest BCUT2D eigenvalue weighted by Crippen LogP contribution is -2.13. The molecule has 1 heterocycles. The number of anilines is 1. The Morgan fingerprint density at radius 3 is 2.67 bits per heavy atom. The molecule has 0 atom stereocenters. The summed E-state index contributed by atoms with van der Waals surface area (Å²) in [7, 11) is 1.30. The van der Waals surface area contributed by atoms with Crippen molar-refractivity contribution in [2.45, 2.75) is 5.75 Å². The maximum absolute atomic E-state index is 11.7. The zero-order chi connectivity index (χ0) is 15.1. The Labute approximate surface area is 126 Å². The highest BCUT2D eigenvalue weighted by Crippen LogP contribution is 2.16. The van der Waals surface area contributed by atoms with Crippen LogP contribution in [0.25, 0.3) is 0 Å². The van der Waals surface area contributed by atoms with Gasteiger partial charge in [0.25, 0.3) is 0 Å². The van der Waals surface area contributed by atoms with E-state index < -0.39 is 5.97 Å². The van der Waals surface area contributed by atoms with Gasteiger partial charge >= 0.3 is 5.97 Å². The van der Waals surface area contributed by atoms with E-state index in [4.69, 9.17) is 4.42 Å². The SMILES string of the molecule is COC(=O)c1ccc(CSCC(=O)Nc2ccccc2)o1. The molecule has 0 fully saturated rings. The van der Waals surface area contributed by atoms with E-state index >= 15 is 0 Å². The van der Waals surface area contributed by atoms with E-state index in [0.717, 1.165) is 5.69 Å². The van der Waals surface area contributed by atoms with Crippen LogP contribution in [0.3, 0.4) is 0 Å². The molecule has 1 N–H and O–H groups in total. The summed E-state index contributed by atoms with van der Waals surface area (Å²) in [6, 6.07) is 12.5. The number of nitrogens with one attached hydrogen (secondary N) is 1. The molecule has 0 unspecified atom stereocenters. The fraction of sp³-hybridized carbons (Fsp3) is 0.200. The van der Waals surface area contributed by atoms with Crippen molar-refractivity contribution in [3.63, 3.8) is 0 Å². The summed E-state index contributed by atoms with van der Waals surface area (Å²) in [5.41, 5.74) is 0.772. The number of esters is 1. The highest BCUT2D eigenvalue weighted by atomic mass is 32.2. The topological polar surface area (TPSA) is 68.5 Å². The van der Waals surface area contributed by atoms with Gasteiger partial charge in [0.2, 0.25) is 11.7 Å². The van der Waals surface area contributed by atoms with Crippen molar-refractivity contribution < 1.29 is 18.7 Å².